The van der Waals surface area contributed by atoms with Crippen LogP contribution in [0.15, 0.2) is 23.0 Å². The molecule has 3 heterocycles. The maximum atomic E-state index is 12.5. The van der Waals surface area contributed by atoms with Gasteiger partial charge in [-0.3, -0.25) is 9.78 Å². The first kappa shape index (κ1) is 17.2. The maximum Gasteiger partial charge on any atom is 0.254 e. The first-order chi connectivity index (χ1) is 12.2. The molecule has 0 bridgehead atoms. The van der Waals surface area contributed by atoms with Crippen molar-refractivity contribution in [3.63, 3.8) is 0 Å². The molecule has 134 valence electrons. The number of carbonyl (C=O) groups is 1. The summed E-state index contributed by atoms with van der Waals surface area (Å²) in [5.41, 5.74) is 0.711. The predicted octanol–water partition coefficient (Wildman–Crippen LogP) is 1.05. The SMILES string of the molecule is CNc1nccnc1C1CN(C(=O)CCc2cc(OC)no2)CCO1. The minimum absolute atomic E-state index is 0.0403. The van der Waals surface area contributed by atoms with E-state index in [2.05, 4.69) is 20.4 Å². The van der Waals surface area contributed by atoms with Crippen LogP contribution in [0.2, 0.25) is 0 Å². The molecule has 0 radical (unpaired) electrons. The highest BCUT2D eigenvalue weighted by molar-refractivity contribution is 5.76. The van der Waals surface area contributed by atoms with Crippen LogP contribution >= 0.6 is 0 Å². The van der Waals surface area contributed by atoms with Crippen molar-refractivity contribution in [2.24, 2.45) is 0 Å². The van der Waals surface area contributed by atoms with Crippen molar-refractivity contribution >= 4 is 11.7 Å². The molecule has 2 aromatic rings. The number of methoxy groups -OCH3 is 1. The molecule has 1 atom stereocenters. The molecule has 1 amide bonds. The van der Waals surface area contributed by atoms with E-state index in [4.69, 9.17) is 14.0 Å². The number of nitrogens with one attached hydrogen (secondary N) is 1. The van der Waals surface area contributed by atoms with Crippen LogP contribution < -0.4 is 10.1 Å². The third-order valence-electron chi connectivity index (χ3n) is 4.02. The number of morpholine rings is 1. The summed E-state index contributed by atoms with van der Waals surface area (Å²) in [4.78, 5) is 22.9. The zero-order chi connectivity index (χ0) is 17.6. The average Bonchev–Trinajstić information content (AvgIpc) is 3.14. The fourth-order valence-corrected chi connectivity index (χ4v) is 2.71. The van der Waals surface area contributed by atoms with E-state index >= 15 is 0 Å². The quantitative estimate of drug-likeness (QED) is 0.827. The van der Waals surface area contributed by atoms with Gasteiger partial charge in [-0.1, -0.05) is 0 Å². The highest BCUT2D eigenvalue weighted by Gasteiger charge is 2.28. The Labute approximate surface area is 145 Å². The maximum absolute atomic E-state index is 12.5. The Balaban J connectivity index is 1.59. The lowest BCUT2D eigenvalue weighted by Gasteiger charge is -2.33. The van der Waals surface area contributed by atoms with E-state index < -0.39 is 0 Å². The van der Waals surface area contributed by atoms with Crippen molar-refractivity contribution in [3.8, 4) is 5.88 Å². The second-order valence-corrected chi connectivity index (χ2v) is 5.57. The fourth-order valence-electron chi connectivity index (χ4n) is 2.71. The molecular weight excluding hydrogens is 326 g/mol. The van der Waals surface area contributed by atoms with Gasteiger partial charge in [0.2, 0.25) is 5.91 Å². The number of hydrogen-bond donors (Lipinski definition) is 1. The molecular formula is C16H21N5O4. The van der Waals surface area contributed by atoms with E-state index in [1.165, 1.54) is 7.11 Å². The van der Waals surface area contributed by atoms with Gasteiger partial charge in [0.15, 0.2) is 0 Å². The number of nitrogens with zero attached hydrogens (tertiary/aromatic N) is 4. The molecule has 1 aliphatic rings. The number of rotatable bonds is 6. The molecule has 1 N–H and O–H groups in total. The van der Waals surface area contributed by atoms with Gasteiger partial charge < -0.3 is 24.2 Å². The van der Waals surface area contributed by atoms with Crippen LogP contribution in [-0.4, -0.2) is 59.8 Å². The minimum Gasteiger partial charge on any atom is -0.479 e. The van der Waals surface area contributed by atoms with Gasteiger partial charge in [0, 0.05) is 44.9 Å². The van der Waals surface area contributed by atoms with Crippen LogP contribution in [0.1, 0.15) is 24.0 Å². The predicted molar refractivity (Wildman–Crippen MR) is 88.2 cm³/mol. The van der Waals surface area contributed by atoms with E-state index in [0.717, 1.165) is 0 Å². The van der Waals surface area contributed by atoms with E-state index in [1.807, 2.05) is 0 Å². The number of aryl methyl sites for hydroxylation is 1. The van der Waals surface area contributed by atoms with Crippen molar-refractivity contribution in [1.29, 1.82) is 0 Å². The zero-order valence-corrected chi connectivity index (χ0v) is 14.3. The van der Waals surface area contributed by atoms with Crippen molar-refractivity contribution in [3.05, 3.63) is 29.9 Å². The Morgan fingerprint density at radius 1 is 1.44 bits per heavy atom. The number of anilines is 1. The van der Waals surface area contributed by atoms with Gasteiger partial charge in [0.1, 0.15) is 23.4 Å². The van der Waals surface area contributed by atoms with Gasteiger partial charge in [-0.25, -0.2) is 4.98 Å². The topological polar surface area (TPSA) is 103 Å². The van der Waals surface area contributed by atoms with Crippen LogP contribution in [0.3, 0.4) is 0 Å². The number of aromatic nitrogens is 3. The summed E-state index contributed by atoms with van der Waals surface area (Å²) >= 11 is 0. The van der Waals surface area contributed by atoms with Crippen LogP contribution in [-0.2, 0) is 16.0 Å². The Bertz CT molecular complexity index is 720. The van der Waals surface area contributed by atoms with Crippen LogP contribution in [0.25, 0.3) is 0 Å². The lowest BCUT2D eigenvalue weighted by Crippen LogP contribution is -2.42. The number of carbonyl (C=O) groups excluding carboxylic acids is 1. The summed E-state index contributed by atoms with van der Waals surface area (Å²) in [5.74, 6) is 1.74. The molecule has 1 saturated heterocycles. The van der Waals surface area contributed by atoms with Crippen molar-refractivity contribution in [1.82, 2.24) is 20.0 Å². The van der Waals surface area contributed by atoms with Crippen LogP contribution in [0.4, 0.5) is 5.82 Å². The summed E-state index contributed by atoms with van der Waals surface area (Å²) in [6, 6.07) is 1.69. The van der Waals surface area contributed by atoms with Gasteiger partial charge in [-0.2, -0.15) is 0 Å². The second kappa shape index (κ2) is 7.93. The third-order valence-corrected chi connectivity index (χ3v) is 4.02. The van der Waals surface area contributed by atoms with Crippen LogP contribution in [0, 0.1) is 0 Å². The highest BCUT2D eigenvalue weighted by Crippen LogP contribution is 2.25. The molecule has 0 aliphatic carbocycles. The lowest BCUT2D eigenvalue weighted by atomic mass is 10.1. The molecule has 0 spiro atoms. The zero-order valence-electron chi connectivity index (χ0n) is 14.3. The Kier molecular flexibility index (Phi) is 5.44. The Morgan fingerprint density at radius 3 is 3.04 bits per heavy atom. The van der Waals surface area contributed by atoms with E-state index in [9.17, 15) is 4.79 Å². The van der Waals surface area contributed by atoms with Gasteiger partial charge >= 0.3 is 0 Å². The first-order valence-corrected chi connectivity index (χ1v) is 8.09. The third kappa shape index (κ3) is 4.05. The van der Waals surface area contributed by atoms with Crippen molar-refractivity contribution in [2.45, 2.75) is 18.9 Å². The summed E-state index contributed by atoms with van der Waals surface area (Å²) in [6.07, 6.45) is 3.76. The minimum atomic E-state index is -0.292. The van der Waals surface area contributed by atoms with E-state index in [0.29, 0.717) is 55.7 Å². The molecule has 3 rings (SSSR count). The summed E-state index contributed by atoms with van der Waals surface area (Å²) < 4.78 is 15.9. The molecule has 2 aromatic heterocycles. The van der Waals surface area contributed by atoms with Gasteiger partial charge in [0.05, 0.1) is 20.3 Å². The average molecular weight is 347 g/mol. The summed E-state index contributed by atoms with van der Waals surface area (Å²) in [6.45, 7) is 1.47. The fraction of sp³-hybridized carbons (Fsp3) is 0.500. The summed E-state index contributed by atoms with van der Waals surface area (Å²) in [5, 5.41) is 6.73. The molecule has 9 heteroatoms. The van der Waals surface area contributed by atoms with Crippen molar-refractivity contribution < 1.29 is 18.8 Å². The Hall–Kier alpha value is -2.68. The monoisotopic (exact) mass is 347 g/mol. The van der Waals surface area contributed by atoms with E-state index in [1.54, 1.807) is 30.4 Å². The van der Waals surface area contributed by atoms with Crippen LogP contribution in [0.5, 0.6) is 5.88 Å². The standard InChI is InChI=1S/C16H21N5O4/c1-17-16-15(18-5-6-19-16)12-10-21(7-8-24-12)14(22)4-3-11-9-13(23-2)20-25-11/h5-6,9,12H,3-4,7-8,10H2,1-2H3,(H,17,19). The first-order valence-electron chi connectivity index (χ1n) is 8.09. The lowest BCUT2D eigenvalue weighted by molar-refractivity contribution is -0.139. The smallest absolute Gasteiger partial charge is 0.254 e. The largest absolute Gasteiger partial charge is 0.479 e. The number of amides is 1. The molecule has 9 nitrogen and oxygen atoms in total. The Morgan fingerprint density at radius 2 is 2.28 bits per heavy atom. The molecule has 1 unspecified atom stereocenters. The number of ether oxygens (including phenoxy) is 2. The molecule has 0 saturated carbocycles. The normalized spacial score (nSPS) is 17.4. The molecule has 25 heavy (non-hydrogen) atoms. The molecule has 1 fully saturated rings. The van der Waals surface area contributed by atoms with E-state index in [-0.39, 0.29) is 12.0 Å². The highest BCUT2D eigenvalue weighted by atomic mass is 16.5. The van der Waals surface area contributed by atoms with Gasteiger partial charge in [-0.15, -0.1) is 0 Å². The van der Waals surface area contributed by atoms with Gasteiger partial charge in [-0.05, 0) is 5.16 Å². The van der Waals surface area contributed by atoms with Crippen molar-refractivity contribution in [2.75, 3.05) is 39.2 Å². The molecule has 0 aromatic carbocycles. The molecule has 1 aliphatic heterocycles. The number of hydrogen-bond acceptors (Lipinski definition) is 8. The van der Waals surface area contributed by atoms with Gasteiger partial charge in [0.25, 0.3) is 5.88 Å². The summed E-state index contributed by atoms with van der Waals surface area (Å²) in [7, 11) is 3.30. The second-order valence-electron chi connectivity index (χ2n) is 5.57.